The highest BCUT2D eigenvalue weighted by atomic mass is 19.1. The number of hydrogen-bond acceptors (Lipinski definition) is 5. The van der Waals surface area contributed by atoms with E-state index < -0.39 is 28.6 Å². The summed E-state index contributed by atoms with van der Waals surface area (Å²) in [7, 11) is 0. The Morgan fingerprint density at radius 3 is 2.79 bits per heavy atom. The number of rotatable bonds is 6. The second kappa shape index (κ2) is 6.64. The van der Waals surface area contributed by atoms with Crippen LogP contribution in [0.1, 0.15) is 18.1 Å². The molecule has 2 N–H and O–H groups in total. The van der Waals surface area contributed by atoms with Gasteiger partial charge in [-0.3, -0.25) is 10.1 Å². The van der Waals surface area contributed by atoms with Crippen LogP contribution in [0.4, 0.5) is 10.1 Å². The zero-order valence-corrected chi connectivity index (χ0v) is 9.68. The topological polar surface area (TPSA) is 132 Å². The number of halogens is 1. The fourth-order valence-corrected chi connectivity index (χ4v) is 1.47. The number of hydrogen-bond donors (Lipinski definition) is 2. The summed E-state index contributed by atoms with van der Waals surface area (Å²) in [5, 5.41) is 33.1. The van der Waals surface area contributed by atoms with Gasteiger partial charge >= 0.3 is 5.69 Å². The normalized spacial score (nSPS) is 13.4. The Labute approximate surface area is 106 Å². The monoisotopic (exact) mass is 270 g/mol. The van der Waals surface area contributed by atoms with Crippen molar-refractivity contribution in [2.75, 3.05) is 6.54 Å². The van der Waals surface area contributed by atoms with Crippen molar-refractivity contribution in [1.29, 1.82) is 0 Å². The lowest BCUT2D eigenvalue weighted by molar-refractivity contribution is -0.387. The highest BCUT2D eigenvalue weighted by Crippen LogP contribution is 2.25. The van der Waals surface area contributed by atoms with Crippen LogP contribution in [-0.4, -0.2) is 27.8 Å². The first-order valence-electron chi connectivity index (χ1n) is 5.28. The van der Waals surface area contributed by atoms with Crippen molar-refractivity contribution < 1.29 is 19.5 Å². The predicted molar refractivity (Wildman–Crippen MR) is 62.7 cm³/mol. The molecule has 0 heterocycles. The van der Waals surface area contributed by atoms with E-state index in [0.717, 1.165) is 18.2 Å². The second-order valence-corrected chi connectivity index (χ2v) is 3.72. The molecule has 2 atom stereocenters. The quantitative estimate of drug-likeness (QED) is 0.268. The van der Waals surface area contributed by atoms with Crippen LogP contribution in [0.15, 0.2) is 23.3 Å². The molecular formula is C10H11FN4O4. The summed E-state index contributed by atoms with van der Waals surface area (Å²) in [6.45, 7) is -0.0297. The molecule has 0 aliphatic carbocycles. The van der Waals surface area contributed by atoms with E-state index in [-0.39, 0.29) is 18.5 Å². The number of aliphatic hydroxyl groups is 2. The Morgan fingerprint density at radius 2 is 2.21 bits per heavy atom. The molecule has 0 aliphatic rings. The number of nitrogens with zero attached hydrogens (tertiary/aromatic N) is 4. The van der Waals surface area contributed by atoms with Crippen molar-refractivity contribution >= 4 is 5.69 Å². The first-order valence-corrected chi connectivity index (χ1v) is 5.28. The van der Waals surface area contributed by atoms with Gasteiger partial charge in [0.15, 0.2) is 0 Å². The molecule has 2 unspecified atom stereocenters. The van der Waals surface area contributed by atoms with Crippen LogP contribution in [-0.2, 0) is 0 Å². The lowest BCUT2D eigenvalue weighted by Crippen LogP contribution is -2.19. The van der Waals surface area contributed by atoms with E-state index in [2.05, 4.69) is 10.0 Å². The van der Waals surface area contributed by atoms with Gasteiger partial charge in [-0.05, 0) is 23.6 Å². The van der Waals surface area contributed by atoms with Gasteiger partial charge in [-0.2, -0.15) is 4.39 Å². The largest absolute Gasteiger partial charge is 0.390 e. The minimum atomic E-state index is -1.42. The molecule has 0 aliphatic heterocycles. The summed E-state index contributed by atoms with van der Waals surface area (Å²) in [5.74, 6) is -1.02. The Morgan fingerprint density at radius 1 is 1.53 bits per heavy atom. The van der Waals surface area contributed by atoms with Crippen LogP contribution >= 0.6 is 0 Å². The average molecular weight is 270 g/mol. The molecule has 0 saturated carbocycles. The third-order valence-electron chi connectivity index (χ3n) is 2.46. The molecule has 1 rings (SSSR count). The van der Waals surface area contributed by atoms with Crippen molar-refractivity contribution in [1.82, 2.24) is 0 Å². The van der Waals surface area contributed by atoms with E-state index in [1.165, 1.54) is 0 Å². The first kappa shape index (κ1) is 14.8. The van der Waals surface area contributed by atoms with Gasteiger partial charge in [-0.15, -0.1) is 0 Å². The lowest BCUT2D eigenvalue weighted by atomic mass is 10.0. The third kappa shape index (κ3) is 3.88. The van der Waals surface area contributed by atoms with Crippen LogP contribution in [0.2, 0.25) is 0 Å². The maximum atomic E-state index is 13.1. The van der Waals surface area contributed by atoms with E-state index in [0.29, 0.717) is 0 Å². The van der Waals surface area contributed by atoms with Crippen LogP contribution in [0.3, 0.4) is 0 Å². The van der Waals surface area contributed by atoms with Gasteiger partial charge in [0.25, 0.3) is 0 Å². The number of nitro benzene ring substituents is 1. The second-order valence-electron chi connectivity index (χ2n) is 3.72. The molecule has 0 spiro atoms. The summed E-state index contributed by atoms with van der Waals surface area (Å²) in [4.78, 5) is 12.1. The third-order valence-corrected chi connectivity index (χ3v) is 2.46. The van der Waals surface area contributed by atoms with E-state index in [9.17, 15) is 24.7 Å². The zero-order chi connectivity index (χ0) is 14.4. The van der Waals surface area contributed by atoms with Gasteiger partial charge in [-0.1, -0.05) is 11.2 Å². The fraction of sp³-hybridized carbons (Fsp3) is 0.400. The highest BCUT2D eigenvalue weighted by Gasteiger charge is 2.22. The predicted octanol–water partition coefficient (Wildman–Crippen LogP) is 1.83. The Bertz CT molecular complexity index is 518. The fourth-order valence-electron chi connectivity index (χ4n) is 1.47. The number of aliphatic hydroxyl groups excluding tert-OH is 2. The smallest absolute Gasteiger partial charge is 0.305 e. The molecule has 0 fully saturated rings. The van der Waals surface area contributed by atoms with Crippen LogP contribution in [0.5, 0.6) is 0 Å². The highest BCUT2D eigenvalue weighted by molar-refractivity contribution is 5.37. The molecule has 1 aromatic rings. The van der Waals surface area contributed by atoms with Gasteiger partial charge in [-0.25, -0.2) is 0 Å². The van der Waals surface area contributed by atoms with Gasteiger partial charge in [0.1, 0.15) is 6.10 Å². The minimum absolute atomic E-state index is 0.0153. The summed E-state index contributed by atoms with van der Waals surface area (Å²) in [6, 6.07) is 2.84. The van der Waals surface area contributed by atoms with Crippen molar-refractivity contribution in [2.24, 2.45) is 5.11 Å². The van der Waals surface area contributed by atoms with Crippen LogP contribution in [0, 0.1) is 15.9 Å². The minimum Gasteiger partial charge on any atom is -0.390 e. The maximum absolute atomic E-state index is 13.1. The summed E-state index contributed by atoms with van der Waals surface area (Å²) >= 11 is 0. The molecule has 0 bridgehead atoms. The molecule has 0 saturated heterocycles. The molecule has 0 aromatic heterocycles. The molecule has 19 heavy (non-hydrogen) atoms. The number of azide groups is 1. The SMILES string of the molecule is [N-]=[N+]=NCCC(O)C(O)c1ccc(F)c([N+](=O)[O-])c1. The van der Waals surface area contributed by atoms with Gasteiger partial charge in [0, 0.05) is 17.5 Å². The van der Waals surface area contributed by atoms with Crippen molar-refractivity contribution in [3.05, 3.63) is 50.1 Å². The molecule has 0 radical (unpaired) electrons. The van der Waals surface area contributed by atoms with E-state index >= 15 is 0 Å². The summed E-state index contributed by atoms with van der Waals surface area (Å²) in [5.41, 5.74) is 7.30. The molecule has 102 valence electrons. The number of nitro groups is 1. The summed E-state index contributed by atoms with van der Waals surface area (Å²) in [6.07, 6.45) is -2.71. The number of benzene rings is 1. The summed E-state index contributed by atoms with van der Waals surface area (Å²) < 4.78 is 13.1. The van der Waals surface area contributed by atoms with Gasteiger partial charge in [0.2, 0.25) is 5.82 Å². The van der Waals surface area contributed by atoms with Crippen molar-refractivity contribution in [3.63, 3.8) is 0 Å². The zero-order valence-electron chi connectivity index (χ0n) is 9.68. The Hall–Kier alpha value is -2.22. The van der Waals surface area contributed by atoms with Crippen molar-refractivity contribution in [3.8, 4) is 0 Å². The van der Waals surface area contributed by atoms with E-state index in [1.807, 2.05) is 0 Å². The van der Waals surface area contributed by atoms with E-state index in [1.54, 1.807) is 0 Å². The maximum Gasteiger partial charge on any atom is 0.305 e. The van der Waals surface area contributed by atoms with Gasteiger partial charge < -0.3 is 10.2 Å². The lowest BCUT2D eigenvalue weighted by Gasteiger charge is -2.17. The molecule has 9 heteroatoms. The Balaban J connectivity index is 2.87. The van der Waals surface area contributed by atoms with Crippen LogP contribution in [0.25, 0.3) is 10.4 Å². The average Bonchev–Trinajstić information content (AvgIpc) is 2.38. The molecule has 1 aromatic carbocycles. The molecule has 8 nitrogen and oxygen atoms in total. The Kier molecular flexibility index (Phi) is 5.19. The molecular weight excluding hydrogens is 259 g/mol. The van der Waals surface area contributed by atoms with Crippen LogP contribution < -0.4 is 0 Å². The van der Waals surface area contributed by atoms with E-state index in [4.69, 9.17) is 5.53 Å². The van der Waals surface area contributed by atoms with Crippen molar-refractivity contribution in [2.45, 2.75) is 18.6 Å². The first-order chi connectivity index (χ1) is 8.97. The standard InChI is InChI=1S/C10H11FN4O4/c11-7-2-1-6(5-8(7)15(18)19)10(17)9(16)3-4-13-14-12/h1-2,5,9-10,16-17H,3-4H2. The van der Waals surface area contributed by atoms with Gasteiger partial charge in [0.05, 0.1) is 11.0 Å². The molecule has 0 amide bonds.